The van der Waals surface area contributed by atoms with E-state index in [2.05, 4.69) is 10.1 Å². The maximum Gasteiger partial charge on any atom is 0.140 e. The molecule has 0 atom stereocenters. The van der Waals surface area contributed by atoms with E-state index >= 15 is 0 Å². The molecule has 3 nitrogen and oxygen atoms in total. The lowest BCUT2D eigenvalue weighted by Gasteiger charge is -2.14. The van der Waals surface area contributed by atoms with Gasteiger partial charge in [0, 0.05) is 5.38 Å². The summed E-state index contributed by atoms with van der Waals surface area (Å²) in [5.41, 5.74) is -0.266. The zero-order chi connectivity index (χ0) is 9.90. The third-order valence-electron chi connectivity index (χ3n) is 0.984. The third-order valence-corrected chi connectivity index (χ3v) is 2.09. The lowest BCUT2D eigenvalue weighted by Crippen LogP contribution is -2.15. The second-order valence-corrected chi connectivity index (χ2v) is 4.72. The van der Waals surface area contributed by atoms with Gasteiger partial charge in [0.2, 0.25) is 0 Å². The number of oxime groups is 1. The zero-order valence-corrected chi connectivity index (χ0v) is 9.32. The molecule has 0 unspecified atom stereocenters. The lowest BCUT2D eigenvalue weighted by molar-refractivity contribution is 0.00199. The van der Waals surface area contributed by atoms with Gasteiger partial charge in [0.1, 0.15) is 22.0 Å². The zero-order valence-electron chi connectivity index (χ0n) is 7.74. The van der Waals surface area contributed by atoms with Crippen molar-refractivity contribution in [2.24, 2.45) is 5.16 Å². The van der Waals surface area contributed by atoms with Crippen molar-refractivity contribution in [3.63, 3.8) is 0 Å². The number of halogens is 1. The molecule has 0 spiro atoms. The fourth-order valence-electron chi connectivity index (χ4n) is 0.556. The second-order valence-electron chi connectivity index (χ2n) is 3.45. The van der Waals surface area contributed by atoms with E-state index in [9.17, 15) is 0 Å². The molecular weight excluding hydrogens is 208 g/mol. The maximum absolute atomic E-state index is 5.63. The van der Waals surface area contributed by atoms with Crippen LogP contribution in [0.2, 0.25) is 5.15 Å². The summed E-state index contributed by atoms with van der Waals surface area (Å²) in [6, 6.07) is 0. The van der Waals surface area contributed by atoms with E-state index in [1.54, 1.807) is 11.6 Å². The molecule has 1 aromatic heterocycles. The monoisotopic (exact) mass is 218 g/mol. The molecule has 0 saturated carbocycles. The molecule has 1 aromatic rings. The highest BCUT2D eigenvalue weighted by Gasteiger charge is 2.09. The highest BCUT2D eigenvalue weighted by molar-refractivity contribution is 7.11. The first-order valence-electron chi connectivity index (χ1n) is 3.80. The molecule has 0 aromatic carbocycles. The van der Waals surface area contributed by atoms with Gasteiger partial charge in [-0.25, -0.2) is 4.98 Å². The van der Waals surface area contributed by atoms with Gasteiger partial charge in [0.15, 0.2) is 0 Å². The number of nitrogens with zero attached hydrogens (tertiary/aromatic N) is 2. The molecule has 5 heteroatoms. The third kappa shape index (κ3) is 4.24. The van der Waals surface area contributed by atoms with Gasteiger partial charge in [-0.15, -0.1) is 11.3 Å². The molecule has 72 valence electrons. The fourth-order valence-corrected chi connectivity index (χ4v) is 1.36. The van der Waals surface area contributed by atoms with Gasteiger partial charge in [-0.2, -0.15) is 0 Å². The molecule has 0 amide bonds. The normalized spacial score (nSPS) is 12.3. The molecule has 0 aliphatic rings. The molecule has 0 bridgehead atoms. The van der Waals surface area contributed by atoms with E-state index in [0.717, 1.165) is 5.01 Å². The first-order chi connectivity index (χ1) is 5.97. The predicted octanol–water partition coefficient (Wildman–Crippen LogP) is 2.95. The molecule has 0 radical (unpaired) electrons. The Morgan fingerprint density at radius 3 is 2.77 bits per heavy atom. The van der Waals surface area contributed by atoms with Crippen LogP contribution in [0.25, 0.3) is 0 Å². The van der Waals surface area contributed by atoms with Crippen molar-refractivity contribution in [2.75, 3.05) is 0 Å². The smallest absolute Gasteiger partial charge is 0.140 e. The highest BCUT2D eigenvalue weighted by Crippen LogP contribution is 2.12. The van der Waals surface area contributed by atoms with Gasteiger partial charge >= 0.3 is 0 Å². The van der Waals surface area contributed by atoms with E-state index in [1.165, 1.54) is 11.3 Å². The average molecular weight is 219 g/mol. The van der Waals surface area contributed by atoms with Crippen molar-refractivity contribution >= 4 is 29.2 Å². The molecule has 13 heavy (non-hydrogen) atoms. The van der Waals surface area contributed by atoms with Crippen LogP contribution in [0.15, 0.2) is 10.5 Å². The van der Waals surface area contributed by atoms with Crippen molar-refractivity contribution < 1.29 is 4.84 Å². The van der Waals surface area contributed by atoms with Crippen molar-refractivity contribution in [2.45, 2.75) is 26.4 Å². The number of thiazole rings is 1. The number of hydrogen-bond donors (Lipinski definition) is 0. The Hall–Kier alpha value is -0.610. The predicted molar refractivity (Wildman–Crippen MR) is 55.6 cm³/mol. The maximum atomic E-state index is 5.63. The van der Waals surface area contributed by atoms with E-state index in [4.69, 9.17) is 16.4 Å². The van der Waals surface area contributed by atoms with Gasteiger partial charge in [-0.05, 0) is 20.8 Å². The van der Waals surface area contributed by atoms with Crippen molar-refractivity contribution in [1.29, 1.82) is 0 Å². The largest absolute Gasteiger partial charge is 0.390 e. The minimum Gasteiger partial charge on any atom is -0.390 e. The van der Waals surface area contributed by atoms with Crippen molar-refractivity contribution in [3.05, 3.63) is 15.5 Å². The first kappa shape index (κ1) is 10.5. The quantitative estimate of drug-likeness (QED) is 0.565. The molecule has 0 saturated heterocycles. The van der Waals surface area contributed by atoms with Crippen LogP contribution in [0, 0.1) is 0 Å². The standard InChI is InChI=1S/C8H11ClN2OS/c1-8(2,3)12-10-4-7-11-6(9)5-13-7/h4-5H,1-3H3/b10-4+. The molecule has 0 aliphatic heterocycles. The summed E-state index contributed by atoms with van der Waals surface area (Å²) in [5, 5.41) is 6.77. The minimum atomic E-state index is -0.266. The summed E-state index contributed by atoms with van der Waals surface area (Å²) in [7, 11) is 0. The number of rotatable bonds is 2. The summed E-state index contributed by atoms with van der Waals surface area (Å²) in [6.45, 7) is 5.79. The highest BCUT2D eigenvalue weighted by atomic mass is 35.5. The molecule has 0 aliphatic carbocycles. The van der Waals surface area contributed by atoms with Crippen LogP contribution in [0.3, 0.4) is 0 Å². The van der Waals surface area contributed by atoms with E-state index in [1.807, 2.05) is 20.8 Å². The molecule has 0 fully saturated rings. The van der Waals surface area contributed by atoms with E-state index < -0.39 is 0 Å². The van der Waals surface area contributed by atoms with Crippen LogP contribution in [-0.4, -0.2) is 16.8 Å². The first-order valence-corrected chi connectivity index (χ1v) is 5.06. The van der Waals surface area contributed by atoms with E-state index in [-0.39, 0.29) is 5.60 Å². The Labute approximate surface area is 86.4 Å². The SMILES string of the molecule is CC(C)(C)O/N=C/c1nc(Cl)cs1. The van der Waals surface area contributed by atoms with Crippen molar-refractivity contribution in [1.82, 2.24) is 4.98 Å². The topological polar surface area (TPSA) is 34.5 Å². The fraction of sp³-hybridized carbons (Fsp3) is 0.500. The van der Waals surface area contributed by atoms with Crippen LogP contribution in [-0.2, 0) is 4.84 Å². The molecular formula is C8H11ClN2OS. The van der Waals surface area contributed by atoms with Gasteiger partial charge < -0.3 is 4.84 Å². The average Bonchev–Trinajstić information content (AvgIpc) is 2.33. The van der Waals surface area contributed by atoms with Gasteiger partial charge in [0.25, 0.3) is 0 Å². The molecule has 1 heterocycles. The van der Waals surface area contributed by atoms with Crippen LogP contribution < -0.4 is 0 Å². The number of aromatic nitrogens is 1. The summed E-state index contributed by atoms with van der Waals surface area (Å²) >= 11 is 7.05. The minimum absolute atomic E-state index is 0.266. The van der Waals surface area contributed by atoms with E-state index in [0.29, 0.717) is 5.15 Å². The van der Waals surface area contributed by atoms with Gasteiger partial charge in [-0.1, -0.05) is 16.8 Å². The Morgan fingerprint density at radius 1 is 1.62 bits per heavy atom. The van der Waals surface area contributed by atoms with Gasteiger partial charge in [0.05, 0.1) is 0 Å². The summed E-state index contributed by atoms with van der Waals surface area (Å²) in [6.07, 6.45) is 1.56. The second kappa shape index (κ2) is 4.07. The molecule has 0 N–H and O–H groups in total. The Morgan fingerprint density at radius 2 is 2.31 bits per heavy atom. The summed E-state index contributed by atoms with van der Waals surface area (Å²) < 4.78 is 0. The van der Waals surface area contributed by atoms with Crippen molar-refractivity contribution in [3.8, 4) is 0 Å². The lowest BCUT2D eigenvalue weighted by atomic mass is 10.2. The van der Waals surface area contributed by atoms with Crippen LogP contribution >= 0.6 is 22.9 Å². The Kier molecular flexibility index (Phi) is 3.27. The Bertz CT molecular complexity index is 303. The molecule has 1 rings (SSSR count). The van der Waals surface area contributed by atoms with Crippen LogP contribution in [0.1, 0.15) is 25.8 Å². The summed E-state index contributed by atoms with van der Waals surface area (Å²) in [4.78, 5) is 9.12. The van der Waals surface area contributed by atoms with Crippen LogP contribution in [0.5, 0.6) is 0 Å². The summed E-state index contributed by atoms with van der Waals surface area (Å²) in [5.74, 6) is 0. The Balaban J connectivity index is 2.50. The van der Waals surface area contributed by atoms with Gasteiger partial charge in [-0.3, -0.25) is 0 Å². The van der Waals surface area contributed by atoms with Crippen LogP contribution in [0.4, 0.5) is 0 Å². The number of hydrogen-bond acceptors (Lipinski definition) is 4.